The molecule has 6 heteroatoms. The van der Waals surface area contributed by atoms with Crippen molar-refractivity contribution in [2.45, 2.75) is 38.6 Å². The zero-order valence-corrected chi connectivity index (χ0v) is 14.9. The second-order valence-electron chi connectivity index (χ2n) is 6.75. The van der Waals surface area contributed by atoms with Crippen LogP contribution in [-0.2, 0) is 14.3 Å². The lowest BCUT2D eigenvalue weighted by Crippen LogP contribution is -2.53. The average Bonchev–Trinajstić information content (AvgIpc) is 3.04. The fraction of sp³-hybridized carbons (Fsp3) is 0.474. The fourth-order valence-corrected chi connectivity index (χ4v) is 3.35. The number of nitrogens with one attached hydrogen (secondary N) is 2. The molecule has 1 aliphatic heterocycles. The lowest BCUT2D eigenvalue weighted by atomic mass is 9.86. The molecule has 1 aromatic carbocycles. The summed E-state index contributed by atoms with van der Waals surface area (Å²) in [4.78, 5) is 27.8. The van der Waals surface area contributed by atoms with Crippen LogP contribution in [0.1, 0.15) is 40.9 Å². The number of carbonyl (C=O) groups is 2. The molecule has 1 amide bonds. The summed E-state index contributed by atoms with van der Waals surface area (Å²) in [7, 11) is 1.36. The highest BCUT2D eigenvalue weighted by molar-refractivity contribution is 5.99. The lowest BCUT2D eigenvalue weighted by molar-refractivity contribution is -0.143. The molecule has 0 spiro atoms. The number of carbonyl (C=O) groups excluding carboxylic acids is 2. The monoisotopic (exact) mass is 344 g/mol. The minimum absolute atomic E-state index is 0.150. The van der Waals surface area contributed by atoms with Crippen LogP contribution in [0.2, 0.25) is 0 Å². The first-order chi connectivity index (χ1) is 11.9. The van der Waals surface area contributed by atoms with E-state index < -0.39 is 5.54 Å². The van der Waals surface area contributed by atoms with E-state index in [0.29, 0.717) is 31.7 Å². The number of aromatic nitrogens is 1. The number of methoxy groups -OCH3 is 1. The molecule has 0 atom stereocenters. The molecule has 0 saturated carbocycles. The number of fused-ring (bicyclic) bond motifs is 1. The number of hydrogen-bond acceptors (Lipinski definition) is 4. The Hall–Kier alpha value is -2.34. The van der Waals surface area contributed by atoms with Gasteiger partial charge in [-0.25, -0.2) is 0 Å². The molecule has 6 nitrogen and oxygen atoms in total. The van der Waals surface area contributed by atoms with Crippen molar-refractivity contribution in [3.05, 3.63) is 35.0 Å². The number of ether oxygens (including phenoxy) is 2. The van der Waals surface area contributed by atoms with Gasteiger partial charge in [0.25, 0.3) is 5.91 Å². The molecule has 1 saturated heterocycles. The molecule has 0 bridgehead atoms. The Morgan fingerprint density at radius 3 is 2.68 bits per heavy atom. The summed E-state index contributed by atoms with van der Waals surface area (Å²) in [5, 5.41) is 4.10. The second-order valence-corrected chi connectivity index (χ2v) is 6.75. The lowest BCUT2D eigenvalue weighted by Gasteiger charge is -2.37. The zero-order chi connectivity index (χ0) is 18.0. The van der Waals surface area contributed by atoms with Crippen molar-refractivity contribution in [2.75, 3.05) is 20.3 Å². The number of esters is 1. The molecule has 2 aromatic rings. The molecule has 25 heavy (non-hydrogen) atoms. The van der Waals surface area contributed by atoms with E-state index in [4.69, 9.17) is 9.47 Å². The van der Waals surface area contributed by atoms with Gasteiger partial charge in [0.2, 0.25) is 0 Å². The quantitative estimate of drug-likeness (QED) is 0.836. The number of H-pyrrole nitrogens is 1. The van der Waals surface area contributed by atoms with Crippen LogP contribution in [0.3, 0.4) is 0 Å². The highest BCUT2D eigenvalue weighted by Gasteiger charge is 2.37. The van der Waals surface area contributed by atoms with Crippen molar-refractivity contribution in [3.63, 3.8) is 0 Å². The standard InChI is InChI=1S/C19H24N2O4/c1-12-4-5-15-14(13(12)2)10-16(20-15)18(23)21-19(11-17(22)24-3)6-8-25-9-7-19/h4-5,10,20H,6-9,11H2,1-3H3,(H,21,23). The summed E-state index contributed by atoms with van der Waals surface area (Å²) in [6.45, 7) is 5.13. The van der Waals surface area contributed by atoms with Crippen LogP contribution in [0.4, 0.5) is 0 Å². The number of rotatable bonds is 4. The van der Waals surface area contributed by atoms with Gasteiger partial charge in [-0.3, -0.25) is 9.59 Å². The highest BCUT2D eigenvalue weighted by atomic mass is 16.5. The maximum absolute atomic E-state index is 12.8. The third kappa shape index (κ3) is 3.54. The Balaban J connectivity index is 1.86. The molecule has 2 N–H and O–H groups in total. The topological polar surface area (TPSA) is 80.4 Å². The first-order valence-corrected chi connectivity index (χ1v) is 8.50. The molecular formula is C19H24N2O4. The molecule has 0 aliphatic carbocycles. The van der Waals surface area contributed by atoms with Gasteiger partial charge in [-0.2, -0.15) is 0 Å². The summed E-state index contributed by atoms with van der Waals surface area (Å²) in [6, 6.07) is 5.89. The predicted molar refractivity (Wildman–Crippen MR) is 94.7 cm³/mol. The molecule has 1 aromatic heterocycles. The summed E-state index contributed by atoms with van der Waals surface area (Å²) >= 11 is 0. The van der Waals surface area contributed by atoms with Gasteiger partial charge in [0.05, 0.1) is 19.1 Å². The van der Waals surface area contributed by atoms with Crippen LogP contribution < -0.4 is 5.32 Å². The van der Waals surface area contributed by atoms with E-state index in [1.54, 1.807) is 0 Å². The molecule has 0 unspecified atom stereocenters. The van der Waals surface area contributed by atoms with E-state index in [1.807, 2.05) is 25.1 Å². The third-order valence-electron chi connectivity index (χ3n) is 5.13. The summed E-state index contributed by atoms with van der Waals surface area (Å²) in [5.41, 5.74) is 3.15. The van der Waals surface area contributed by atoms with E-state index >= 15 is 0 Å². The van der Waals surface area contributed by atoms with Crippen LogP contribution in [0.25, 0.3) is 10.9 Å². The van der Waals surface area contributed by atoms with E-state index in [9.17, 15) is 9.59 Å². The van der Waals surface area contributed by atoms with E-state index in [0.717, 1.165) is 16.5 Å². The van der Waals surface area contributed by atoms with Gasteiger partial charge >= 0.3 is 5.97 Å². The van der Waals surface area contributed by atoms with Crippen molar-refractivity contribution in [1.29, 1.82) is 0 Å². The van der Waals surface area contributed by atoms with Crippen LogP contribution >= 0.6 is 0 Å². The van der Waals surface area contributed by atoms with Gasteiger partial charge in [0, 0.05) is 24.1 Å². The van der Waals surface area contributed by atoms with Crippen molar-refractivity contribution in [3.8, 4) is 0 Å². The summed E-state index contributed by atoms with van der Waals surface area (Å²) in [6.07, 6.45) is 1.33. The van der Waals surface area contributed by atoms with Crippen LogP contribution in [0, 0.1) is 13.8 Å². The van der Waals surface area contributed by atoms with Gasteiger partial charge in [0.15, 0.2) is 0 Å². The number of hydrogen-bond donors (Lipinski definition) is 2. The highest BCUT2D eigenvalue weighted by Crippen LogP contribution is 2.27. The van der Waals surface area contributed by atoms with E-state index in [-0.39, 0.29) is 18.3 Å². The Bertz CT molecular complexity index is 803. The largest absolute Gasteiger partial charge is 0.469 e. The zero-order valence-electron chi connectivity index (χ0n) is 14.9. The van der Waals surface area contributed by atoms with Crippen molar-refractivity contribution in [2.24, 2.45) is 0 Å². The normalized spacial score (nSPS) is 16.6. The minimum atomic E-state index is -0.620. The number of amides is 1. The molecule has 2 heterocycles. The Morgan fingerprint density at radius 2 is 2.00 bits per heavy atom. The van der Waals surface area contributed by atoms with Crippen LogP contribution in [0.15, 0.2) is 18.2 Å². The van der Waals surface area contributed by atoms with Gasteiger partial charge in [-0.1, -0.05) is 6.07 Å². The maximum Gasteiger partial charge on any atom is 0.307 e. The Morgan fingerprint density at radius 1 is 1.28 bits per heavy atom. The van der Waals surface area contributed by atoms with E-state index in [2.05, 4.69) is 17.2 Å². The number of aryl methyl sites for hydroxylation is 2. The first kappa shape index (κ1) is 17.5. The van der Waals surface area contributed by atoms with Gasteiger partial charge < -0.3 is 19.8 Å². The Labute approximate surface area is 146 Å². The van der Waals surface area contributed by atoms with Crippen LogP contribution in [0.5, 0.6) is 0 Å². The Kier molecular flexibility index (Phi) is 4.81. The molecule has 1 fully saturated rings. The third-order valence-corrected chi connectivity index (χ3v) is 5.13. The van der Waals surface area contributed by atoms with Gasteiger partial charge in [-0.05, 0) is 49.9 Å². The summed E-state index contributed by atoms with van der Waals surface area (Å²) in [5.74, 6) is -0.538. The minimum Gasteiger partial charge on any atom is -0.469 e. The van der Waals surface area contributed by atoms with Crippen molar-refractivity contribution < 1.29 is 19.1 Å². The molecule has 1 aliphatic rings. The molecular weight excluding hydrogens is 320 g/mol. The van der Waals surface area contributed by atoms with Crippen LogP contribution in [-0.4, -0.2) is 42.7 Å². The number of benzene rings is 1. The average molecular weight is 344 g/mol. The number of aromatic amines is 1. The maximum atomic E-state index is 12.8. The van der Waals surface area contributed by atoms with Crippen molar-refractivity contribution >= 4 is 22.8 Å². The SMILES string of the molecule is COC(=O)CC1(NC(=O)c2cc3c(C)c(C)ccc3[nH]2)CCOCC1. The summed E-state index contributed by atoms with van der Waals surface area (Å²) < 4.78 is 10.2. The first-order valence-electron chi connectivity index (χ1n) is 8.50. The molecule has 134 valence electrons. The predicted octanol–water partition coefficient (Wildman–Crippen LogP) is 2.63. The van der Waals surface area contributed by atoms with E-state index in [1.165, 1.54) is 12.7 Å². The molecule has 0 radical (unpaired) electrons. The van der Waals surface area contributed by atoms with Gasteiger partial charge in [0.1, 0.15) is 5.69 Å². The van der Waals surface area contributed by atoms with Crippen molar-refractivity contribution in [1.82, 2.24) is 10.3 Å². The van der Waals surface area contributed by atoms with Gasteiger partial charge in [-0.15, -0.1) is 0 Å². The molecule has 3 rings (SSSR count). The fourth-order valence-electron chi connectivity index (χ4n) is 3.35. The smallest absolute Gasteiger partial charge is 0.307 e. The second kappa shape index (κ2) is 6.88.